The molecule has 0 unspecified atom stereocenters. The topological polar surface area (TPSA) is 168 Å². The molecule has 12 heteroatoms. The fourth-order valence-corrected chi connectivity index (χ4v) is 2.19. The van der Waals surface area contributed by atoms with Crippen molar-refractivity contribution in [3.8, 4) is 5.75 Å². The lowest BCUT2D eigenvalue weighted by Crippen LogP contribution is -2.15. The normalized spacial score (nSPS) is 10.1. The van der Waals surface area contributed by atoms with Gasteiger partial charge in [0.2, 0.25) is 0 Å². The Kier molecular flexibility index (Phi) is 5.60. The van der Waals surface area contributed by atoms with Crippen LogP contribution in [0.4, 0.5) is 22.7 Å². The molecule has 2 aromatic rings. The van der Waals surface area contributed by atoms with Crippen LogP contribution in [0, 0.1) is 30.3 Å². The van der Waals surface area contributed by atoms with Crippen LogP contribution in [0.15, 0.2) is 36.4 Å². The number of nitro groups is 3. The lowest BCUT2D eigenvalue weighted by atomic mass is 10.1. The fourth-order valence-electron chi connectivity index (χ4n) is 2.19. The van der Waals surface area contributed by atoms with Gasteiger partial charge in [0.05, 0.1) is 33.5 Å². The number of carbonyl (C=O) groups is 1. The van der Waals surface area contributed by atoms with E-state index in [1.165, 1.54) is 12.1 Å². The maximum atomic E-state index is 12.4. The molecule has 0 aliphatic rings. The number of anilines is 1. The number of nitrogens with one attached hydrogen (secondary N) is 1. The van der Waals surface area contributed by atoms with Crippen molar-refractivity contribution in [3.05, 3.63) is 72.3 Å². The SMILES string of the molecule is CCOc1ccc(NC(=O)c2ccc([N+](=O)[O-])cc2[N+](=O)[O-])c([N+](=O)[O-])c1. The molecule has 0 spiro atoms. The Bertz CT molecular complexity index is 943. The van der Waals surface area contributed by atoms with E-state index in [1.807, 2.05) is 0 Å². The lowest BCUT2D eigenvalue weighted by molar-refractivity contribution is -0.394. The van der Waals surface area contributed by atoms with Crippen LogP contribution < -0.4 is 10.1 Å². The van der Waals surface area contributed by atoms with Crippen LogP contribution >= 0.6 is 0 Å². The van der Waals surface area contributed by atoms with Crippen LogP contribution in [0.5, 0.6) is 5.75 Å². The second-order valence-electron chi connectivity index (χ2n) is 5.04. The first-order chi connectivity index (χ1) is 12.7. The number of hydrogen-bond acceptors (Lipinski definition) is 8. The first kappa shape index (κ1) is 19.2. The monoisotopic (exact) mass is 376 g/mol. The van der Waals surface area contributed by atoms with Gasteiger partial charge >= 0.3 is 0 Å². The van der Waals surface area contributed by atoms with Gasteiger partial charge in [-0.1, -0.05) is 0 Å². The van der Waals surface area contributed by atoms with E-state index in [9.17, 15) is 35.1 Å². The molecule has 0 saturated carbocycles. The van der Waals surface area contributed by atoms with Crippen LogP contribution in [-0.4, -0.2) is 27.3 Å². The summed E-state index contributed by atoms with van der Waals surface area (Å²) >= 11 is 0. The van der Waals surface area contributed by atoms with Gasteiger partial charge in [-0.05, 0) is 25.1 Å². The molecule has 12 nitrogen and oxygen atoms in total. The van der Waals surface area contributed by atoms with E-state index in [4.69, 9.17) is 4.74 Å². The summed E-state index contributed by atoms with van der Waals surface area (Å²) in [5.74, 6) is -0.813. The molecule has 0 atom stereocenters. The second-order valence-corrected chi connectivity index (χ2v) is 5.04. The highest BCUT2D eigenvalue weighted by Gasteiger charge is 2.26. The summed E-state index contributed by atoms with van der Waals surface area (Å²) < 4.78 is 5.16. The van der Waals surface area contributed by atoms with Crippen molar-refractivity contribution in [1.29, 1.82) is 0 Å². The zero-order valence-corrected chi connectivity index (χ0v) is 13.8. The van der Waals surface area contributed by atoms with Gasteiger partial charge in [-0.3, -0.25) is 35.1 Å². The summed E-state index contributed by atoms with van der Waals surface area (Å²) in [5, 5.41) is 35.3. The Balaban J connectivity index is 2.41. The van der Waals surface area contributed by atoms with E-state index < -0.39 is 43.3 Å². The number of carbonyl (C=O) groups excluding carboxylic acids is 1. The maximum Gasteiger partial charge on any atom is 0.296 e. The molecule has 2 rings (SSSR count). The molecular formula is C15H12N4O8. The molecule has 0 bridgehead atoms. The minimum atomic E-state index is -1.02. The maximum absolute atomic E-state index is 12.4. The highest BCUT2D eigenvalue weighted by atomic mass is 16.6. The quantitative estimate of drug-likeness (QED) is 0.568. The van der Waals surface area contributed by atoms with Gasteiger partial charge in [0.25, 0.3) is 23.0 Å². The number of nitrogens with zero attached hydrogens (tertiary/aromatic N) is 3. The number of benzene rings is 2. The van der Waals surface area contributed by atoms with Crippen molar-refractivity contribution in [1.82, 2.24) is 0 Å². The van der Waals surface area contributed by atoms with E-state index >= 15 is 0 Å². The molecule has 0 aromatic heterocycles. The molecular weight excluding hydrogens is 364 g/mol. The van der Waals surface area contributed by atoms with Crippen molar-refractivity contribution in [2.75, 3.05) is 11.9 Å². The lowest BCUT2D eigenvalue weighted by Gasteiger charge is -2.08. The minimum Gasteiger partial charge on any atom is -0.494 e. The van der Waals surface area contributed by atoms with Gasteiger partial charge in [0.1, 0.15) is 17.0 Å². The Labute approximate surface area is 150 Å². The number of rotatable bonds is 7. The van der Waals surface area contributed by atoms with Crippen molar-refractivity contribution >= 4 is 28.7 Å². The molecule has 27 heavy (non-hydrogen) atoms. The van der Waals surface area contributed by atoms with Gasteiger partial charge in [-0.2, -0.15) is 0 Å². The van der Waals surface area contributed by atoms with Gasteiger partial charge in [0, 0.05) is 6.07 Å². The third-order valence-electron chi connectivity index (χ3n) is 3.36. The van der Waals surface area contributed by atoms with Gasteiger partial charge in [0.15, 0.2) is 0 Å². The van der Waals surface area contributed by atoms with Crippen molar-refractivity contribution < 1.29 is 24.3 Å². The predicted octanol–water partition coefficient (Wildman–Crippen LogP) is 3.06. The molecule has 0 radical (unpaired) electrons. The third kappa shape index (κ3) is 4.31. The average Bonchev–Trinajstić information content (AvgIpc) is 2.62. The Morgan fingerprint density at radius 2 is 1.63 bits per heavy atom. The average molecular weight is 376 g/mol. The van der Waals surface area contributed by atoms with Crippen LogP contribution in [0.25, 0.3) is 0 Å². The summed E-state index contributed by atoms with van der Waals surface area (Å²) in [6.07, 6.45) is 0. The molecule has 0 saturated heterocycles. The van der Waals surface area contributed by atoms with Crippen LogP contribution in [0.2, 0.25) is 0 Å². The van der Waals surface area contributed by atoms with E-state index in [1.54, 1.807) is 6.92 Å². The number of non-ortho nitro benzene ring substituents is 1. The molecule has 0 fully saturated rings. The summed E-state index contributed by atoms with van der Waals surface area (Å²) in [6, 6.07) is 6.18. The van der Waals surface area contributed by atoms with E-state index in [0.717, 1.165) is 18.2 Å². The van der Waals surface area contributed by atoms with Crippen LogP contribution in [0.1, 0.15) is 17.3 Å². The zero-order valence-electron chi connectivity index (χ0n) is 13.8. The Morgan fingerprint density at radius 1 is 0.963 bits per heavy atom. The van der Waals surface area contributed by atoms with E-state index in [2.05, 4.69) is 5.32 Å². The summed E-state index contributed by atoms with van der Waals surface area (Å²) in [5.41, 5.74) is -2.52. The smallest absolute Gasteiger partial charge is 0.296 e. The van der Waals surface area contributed by atoms with Crippen molar-refractivity contribution in [2.24, 2.45) is 0 Å². The molecule has 1 N–H and O–H groups in total. The standard InChI is InChI=1S/C15H12N4O8/c1-2-27-10-4-6-12(14(8-10)19(25)26)16-15(20)11-5-3-9(17(21)22)7-13(11)18(23)24/h3-8H,2H2,1H3,(H,16,20). The summed E-state index contributed by atoms with van der Waals surface area (Å²) in [7, 11) is 0. The predicted molar refractivity (Wildman–Crippen MR) is 92.0 cm³/mol. The van der Waals surface area contributed by atoms with E-state index in [-0.39, 0.29) is 18.0 Å². The minimum absolute atomic E-state index is 0.207. The highest BCUT2D eigenvalue weighted by molar-refractivity contribution is 6.08. The van der Waals surface area contributed by atoms with Crippen molar-refractivity contribution in [3.63, 3.8) is 0 Å². The Hall–Kier alpha value is -4.09. The highest BCUT2D eigenvalue weighted by Crippen LogP contribution is 2.31. The molecule has 2 aromatic carbocycles. The number of hydrogen-bond donors (Lipinski definition) is 1. The number of nitro benzene ring substituents is 3. The van der Waals surface area contributed by atoms with Gasteiger partial charge in [-0.15, -0.1) is 0 Å². The largest absolute Gasteiger partial charge is 0.494 e. The third-order valence-corrected chi connectivity index (χ3v) is 3.36. The van der Waals surface area contributed by atoms with Gasteiger partial charge in [-0.25, -0.2) is 0 Å². The number of amides is 1. The Morgan fingerprint density at radius 3 is 2.19 bits per heavy atom. The molecule has 0 aliphatic heterocycles. The van der Waals surface area contributed by atoms with E-state index in [0.29, 0.717) is 6.07 Å². The molecule has 0 heterocycles. The number of ether oxygens (including phenoxy) is 1. The fraction of sp³-hybridized carbons (Fsp3) is 0.133. The van der Waals surface area contributed by atoms with Crippen molar-refractivity contribution in [2.45, 2.75) is 6.92 Å². The zero-order chi connectivity index (χ0) is 20.1. The first-order valence-corrected chi connectivity index (χ1v) is 7.40. The molecule has 0 aliphatic carbocycles. The second kappa shape index (κ2) is 7.86. The molecule has 1 amide bonds. The van der Waals surface area contributed by atoms with Crippen LogP contribution in [-0.2, 0) is 0 Å². The first-order valence-electron chi connectivity index (χ1n) is 7.40. The molecule has 140 valence electrons. The van der Waals surface area contributed by atoms with Gasteiger partial charge < -0.3 is 10.1 Å². The van der Waals surface area contributed by atoms with Crippen LogP contribution in [0.3, 0.4) is 0 Å². The summed E-state index contributed by atoms with van der Waals surface area (Å²) in [6.45, 7) is 1.97. The summed E-state index contributed by atoms with van der Waals surface area (Å²) in [4.78, 5) is 42.9.